The van der Waals surface area contributed by atoms with Gasteiger partial charge in [0.2, 0.25) is 11.8 Å². The number of halogens is 2. The molecule has 0 aliphatic heterocycles. The lowest BCUT2D eigenvalue weighted by atomic mass is 10.0. The quantitative estimate of drug-likeness (QED) is 0.167. The van der Waals surface area contributed by atoms with Gasteiger partial charge in [-0.25, -0.2) is 8.42 Å². The molecule has 0 saturated heterocycles. The van der Waals surface area contributed by atoms with Crippen LogP contribution in [0.1, 0.15) is 47.9 Å². The van der Waals surface area contributed by atoms with Gasteiger partial charge in [0.1, 0.15) is 12.6 Å². The first-order chi connectivity index (χ1) is 22.5. The van der Waals surface area contributed by atoms with Crippen LogP contribution in [-0.2, 0) is 32.6 Å². The summed E-state index contributed by atoms with van der Waals surface area (Å²) < 4.78 is 29.6. The van der Waals surface area contributed by atoms with Crippen LogP contribution in [0.15, 0.2) is 102 Å². The molecule has 1 atom stereocenters. The minimum absolute atomic E-state index is 0.0158. The largest absolute Gasteiger partial charge is 0.352 e. The second-order valence-electron chi connectivity index (χ2n) is 12.1. The molecule has 1 saturated carbocycles. The molecule has 5 rings (SSSR count). The second-order valence-corrected chi connectivity index (χ2v) is 14.8. The monoisotopic (exact) mass is 691 g/mol. The van der Waals surface area contributed by atoms with E-state index >= 15 is 0 Å². The van der Waals surface area contributed by atoms with E-state index in [0.29, 0.717) is 26.9 Å². The molecule has 0 heterocycles. The van der Waals surface area contributed by atoms with Crippen molar-refractivity contribution in [3.63, 3.8) is 0 Å². The number of sulfonamides is 1. The molecule has 0 radical (unpaired) electrons. The highest BCUT2D eigenvalue weighted by Gasteiger charge is 2.36. The summed E-state index contributed by atoms with van der Waals surface area (Å²) in [6, 6.07) is 27.0. The van der Waals surface area contributed by atoms with E-state index in [0.717, 1.165) is 41.1 Å². The van der Waals surface area contributed by atoms with Crippen molar-refractivity contribution in [3.05, 3.63) is 129 Å². The first-order valence-corrected chi connectivity index (χ1v) is 18.0. The van der Waals surface area contributed by atoms with Crippen molar-refractivity contribution in [2.24, 2.45) is 0 Å². The molecule has 7 nitrogen and oxygen atoms in total. The summed E-state index contributed by atoms with van der Waals surface area (Å²) >= 11 is 12.8. The van der Waals surface area contributed by atoms with Crippen LogP contribution < -0.4 is 9.62 Å². The molecule has 0 aromatic heterocycles. The predicted molar refractivity (Wildman–Crippen MR) is 188 cm³/mol. The average Bonchev–Trinajstić information content (AvgIpc) is 3.56. The molecule has 1 N–H and O–H groups in total. The van der Waals surface area contributed by atoms with Crippen LogP contribution in [0.4, 0.5) is 5.69 Å². The summed E-state index contributed by atoms with van der Waals surface area (Å²) in [5.41, 5.74) is 3.49. The summed E-state index contributed by atoms with van der Waals surface area (Å²) in [5, 5.41) is 3.96. The molecular formula is C37H39Cl2N3O4S. The zero-order chi connectivity index (χ0) is 33.6. The summed E-state index contributed by atoms with van der Waals surface area (Å²) in [4.78, 5) is 30.4. The number of amides is 2. The number of carbonyl (C=O) groups excluding carboxylic acids is 2. The summed E-state index contributed by atoms with van der Waals surface area (Å²) in [6.45, 7) is 3.18. The molecule has 0 bridgehead atoms. The van der Waals surface area contributed by atoms with Gasteiger partial charge in [-0.3, -0.25) is 13.9 Å². The van der Waals surface area contributed by atoms with Gasteiger partial charge in [-0.1, -0.05) is 108 Å². The highest BCUT2D eigenvalue weighted by atomic mass is 35.5. The summed E-state index contributed by atoms with van der Waals surface area (Å²) in [5.74, 6) is -0.832. The molecule has 4 aromatic rings. The molecule has 10 heteroatoms. The lowest BCUT2D eigenvalue weighted by Crippen LogP contribution is -2.54. The predicted octanol–water partition coefficient (Wildman–Crippen LogP) is 7.50. The van der Waals surface area contributed by atoms with E-state index < -0.39 is 28.5 Å². The smallest absolute Gasteiger partial charge is 0.264 e. The Bertz CT molecular complexity index is 1810. The van der Waals surface area contributed by atoms with Crippen LogP contribution in [0.3, 0.4) is 0 Å². The summed E-state index contributed by atoms with van der Waals surface area (Å²) in [7, 11) is -4.19. The van der Waals surface area contributed by atoms with Crippen molar-refractivity contribution in [1.82, 2.24) is 10.2 Å². The maximum atomic E-state index is 14.7. The molecule has 1 aliphatic rings. The molecule has 0 spiro atoms. The first kappa shape index (κ1) is 34.5. The van der Waals surface area contributed by atoms with Gasteiger partial charge in [-0.2, -0.15) is 0 Å². The number of carbonyl (C=O) groups is 2. The third-order valence-corrected chi connectivity index (χ3v) is 10.9. The Kier molecular flexibility index (Phi) is 11.3. The third-order valence-electron chi connectivity index (χ3n) is 8.56. The van der Waals surface area contributed by atoms with Gasteiger partial charge >= 0.3 is 0 Å². The molecule has 2 amide bonds. The number of benzene rings is 4. The number of rotatable bonds is 12. The fourth-order valence-corrected chi connectivity index (χ4v) is 8.04. The van der Waals surface area contributed by atoms with Gasteiger partial charge in [-0.15, -0.1) is 0 Å². The Balaban J connectivity index is 1.60. The Morgan fingerprint density at radius 2 is 1.53 bits per heavy atom. The van der Waals surface area contributed by atoms with Crippen molar-refractivity contribution >= 4 is 50.7 Å². The Morgan fingerprint density at radius 3 is 2.17 bits per heavy atom. The zero-order valence-corrected chi connectivity index (χ0v) is 28.9. The maximum Gasteiger partial charge on any atom is 0.264 e. The van der Waals surface area contributed by atoms with Crippen LogP contribution in [0.5, 0.6) is 0 Å². The van der Waals surface area contributed by atoms with E-state index in [2.05, 4.69) is 5.32 Å². The highest BCUT2D eigenvalue weighted by molar-refractivity contribution is 7.92. The lowest BCUT2D eigenvalue weighted by molar-refractivity contribution is -0.140. The number of hydrogen-bond donors (Lipinski definition) is 1. The minimum atomic E-state index is -4.19. The van der Waals surface area contributed by atoms with Crippen molar-refractivity contribution < 1.29 is 18.0 Å². The highest BCUT2D eigenvalue weighted by Crippen LogP contribution is 2.30. The van der Waals surface area contributed by atoms with E-state index in [1.165, 1.54) is 17.0 Å². The van der Waals surface area contributed by atoms with Crippen LogP contribution in [0.25, 0.3) is 0 Å². The SMILES string of the molecule is Cc1ccc(N(CC(=O)N(Cc2ccc(Cl)cc2Cl)[C@H](Cc2ccccc2)C(=O)NC2CCCC2)S(=O)(=O)c2ccccc2)c(C)c1. The van der Waals surface area contributed by atoms with Crippen molar-refractivity contribution in [2.75, 3.05) is 10.8 Å². The Hall–Kier alpha value is -3.85. The first-order valence-electron chi connectivity index (χ1n) is 15.8. The van der Waals surface area contributed by atoms with Gasteiger partial charge in [-0.05, 0) is 73.7 Å². The molecule has 1 fully saturated rings. The van der Waals surface area contributed by atoms with E-state index in [4.69, 9.17) is 23.2 Å². The zero-order valence-electron chi connectivity index (χ0n) is 26.5. The fraction of sp³-hybridized carbons (Fsp3) is 0.297. The molecule has 4 aromatic carbocycles. The van der Waals surface area contributed by atoms with E-state index in [9.17, 15) is 18.0 Å². The van der Waals surface area contributed by atoms with Gasteiger partial charge in [0, 0.05) is 29.1 Å². The van der Waals surface area contributed by atoms with E-state index in [-0.39, 0.29) is 29.8 Å². The van der Waals surface area contributed by atoms with Crippen molar-refractivity contribution in [1.29, 1.82) is 0 Å². The summed E-state index contributed by atoms with van der Waals surface area (Å²) in [6.07, 6.45) is 4.03. The van der Waals surface area contributed by atoms with Crippen LogP contribution in [-0.4, -0.2) is 43.8 Å². The maximum absolute atomic E-state index is 14.7. The number of aryl methyl sites for hydroxylation is 2. The van der Waals surface area contributed by atoms with Crippen LogP contribution >= 0.6 is 23.2 Å². The van der Waals surface area contributed by atoms with Gasteiger partial charge in [0.05, 0.1) is 10.6 Å². The second kappa shape index (κ2) is 15.4. The number of hydrogen-bond acceptors (Lipinski definition) is 4. The molecule has 1 aliphatic carbocycles. The van der Waals surface area contributed by atoms with E-state index in [1.54, 1.807) is 42.5 Å². The molecule has 47 heavy (non-hydrogen) atoms. The standard InChI is InChI=1S/C37H39Cl2N3O4S/c1-26-17-20-34(27(2)21-26)42(47(45,46)32-15-7-4-8-16-32)25-36(43)41(24-29-18-19-30(38)23-33(29)39)35(22-28-11-5-3-6-12-28)37(44)40-31-13-9-10-14-31/h3-8,11-12,15-21,23,31,35H,9-10,13-14,22,24-25H2,1-2H3,(H,40,44)/t35-/m1/s1. The van der Waals surface area contributed by atoms with Crippen LogP contribution in [0, 0.1) is 13.8 Å². The number of nitrogens with zero attached hydrogens (tertiary/aromatic N) is 2. The van der Waals surface area contributed by atoms with E-state index in [1.807, 2.05) is 56.3 Å². The molecule has 246 valence electrons. The Labute approximate surface area is 287 Å². The normalized spacial score (nSPS) is 14.0. The Morgan fingerprint density at radius 1 is 0.872 bits per heavy atom. The van der Waals surface area contributed by atoms with Gasteiger partial charge in [0.25, 0.3) is 10.0 Å². The van der Waals surface area contributed by atoms with Gasteiger partial charge in [0.15, 0.2) is 0 Å². The average molecular weight is 693 g/mol. The third kappa shape index (κ3) is 8.55. The topological polar surface area (TPSA) is 86.8 Å². The minimum Gasteiger partial charge on any atom is -0.352 e. The van der Waals surface area contributed by atoms with Crippen LogP contribution in [0.2, 0.25) is 10.0 Å². The van der Waals surface area contributed by atoms with Crippen molar-refractivity contribution in [2.45, 2.75) is 69.5 Å². The molecule has 0 unspecified atom stereocenters. The number of nitrogens with one attached hydrogen (secondary N) is 1. The van der Waals surface area contributed by atoms with Crippen molar-refractivity contribution in [3.8, 4) is 0 Å². The lowest BCUT2D eigenvalue weighted by Gasteiger charge is -2.35. The fourth-order valence-electron chi connectivity index (χ4n) is 6.07. The van der Waals surface area contributed by atoms with Gasteiger partial charge < -0.3 is 10.2 Å². The molecular weight excluding hydrogens is 653 g/mol. The number of anilines is 1.